The van der Waals surface area contributed by atoms with Crippen LogP contribution < -0.4 is 10.1 Å². The third-order valence-corrected chi connectivity index (χ3v) is 8.36. The maximum atomic E-state index is 15.6. The van der Waals surface area contributed by atoms with Gasteiger partial charge in [0.2, 0.25) is 11.8 Å². The minimum atomic E-state index is -3.24. The van der Waals surface area contributed by atoms with Gasteiger partial charge in [0.05, 0.1) is 72.5 Å². The summed E-state index contributed by atoms with van der Waals surface area (Å²) < 4.78 is 62.3. The fourth-order valence-corrected chi connectivity index (χ4v) is 6.10. The molecule has 230 valence electrons. The van der Waals surface area contributed by atoms with Crippen LogP contribution >= 0.6 is 0 Å². The zero-order valence-electron chi connectivity index (χ0n) is 24.5. The van der Waals surface area contributed by atoms with Crippen molar-refractivity contribution < 1.29 is 32.2 Å². The Bertz CT molecular complexity index is 1780. The van der Waals surface area contributed by atoms with Crippen molar-refractivity contribution in [1.82, 2.24) is 29.8 Å². The molecule has 0 aliphatic carbocycles. The number of halogens is 3. The van der Waals surface area contributed by atoms with Crippen LogP contribution in [-0.2, 0) is 16.0 Å². The largest absolute Gasteiger partial charge is 0.471 e. The van der Waals surface area contributed by atoms with Crippen LogP contribution in [0.2, 0.25) is 0 Å². The molecule has 16 heteroatoms. The number of fused-ring (bicyclic) bond motifs is 3. The first-order valence-electron chi connectivity index (χ1n) is 14.8. The Kier molecular flexibility index (Phi) is 8.06. The highest BCUT2D eigenvalue weighted by Crippen LogP contribution is 2.37. The minimum Gasteiger partial charge on any atom is -0.471 e. The van der Waals surface area contributed by atoms with Crippen molar-refractivity contribution >= 4 is 35.1 Å². The lowest BCUT2D eigenvalue weighted by Gasteiger charge is -2.26. The van der Waals surface area contributed by atoms with Gasteiger partial charge in [-0.25, -0.2) is 17.7 Å². The molecule has 0 spiro atoms. The van der Waals surface area contributed by atoms with Crippen LogP contribution in [-0.4, -0.2) is 104 Å². The van der Waals surface area contributed by atoms with E-state index in [0.717, 1.165) is 37.4 Å². The molecule has 3 aliphatic heterocycles. The number of amides is 1. The fourth-order valence-electron chi connectivity index (χ4n) is 6.10. The van der Waals surface area contributed by atoms with E-state index in [0.29, 0.717) is 43.3 Å². The number of likely N-dealkylation sites (tertiary alicyclic amines) is 1. The second-order valence-corrected chi connectivity index (χ2v) is 11.8. The Morgan fingerprint density at radius 2 is 2.00 bits per heavy atom. The topological polar surface area (TPSA) is 103 Å². The van der Waals surface area contributed by atoms with E-state index in [9.17, 15) is 13.6 Å². The average Bonchev–Trinajstić information content (AvgIpc) is 3.83. The van der Waals surface area contributed by atoms with Crippen LogP contribution in [0.5, 0.6) is 5.88 Å². The van der Waals surface area contributed by atoms with E-state index >= 15 is 4.39 Å². The summed E-state index contributed by atoms with van der Waals surface area (Å²) in [5.74, 6) is -2.01. The Labute approximate surface area is 266 Å². The number of nitrogens with zero attached hydrogens (tertiary/aromatic N) is 5. The molecule has 46 heavy (non-hydrogen) atoms. The highest BCUT2D eigenvalue weighted by molar-refractivity contribution is 6.60. The summed E-state index contributed by atoms with van der Waals surface area (Å²) in [5, 5.41) is 4.28. The second-order valence-electron chi connectivity index (χ2n) is 11.8. The molecule has 0 saturated carbocycles. The molecule has 3 aromatic heterocycles. The number of hydrogen-bond acceptors (Lipinski definition) is 8. The highest BCUT2D eigenvalue weighted by Gasteiger charge is 2.38. The summed E-state index contributed by atoms with van der Waals surface area (Å²) in [5.41, 5.74) is 0.647. The van der Waals surface area contributed by atoms with E-state index in [-0.39, 0.29) is 40.4 Å². The van der Waals surface area contributed by atoms with Crippen LogP contribution in [0.1, 0.15) is 40.9 Å². The van der Waals surface area contributed by atoms with E-state index < -0.39 is 29.0 Å². The predicted octanol–water partition coefficient (Wildman–Crippen LogP) is 2.52. The summed E-state index contributed by atoms with van der Waals surface area (Å²) in [4.78, 5) is 24.5. The quantitative estimate of drug-likeness (QED) is 0.284. The molecule has 3 saturated heterocycles. The smallest absolute Gasteiger partial charge is 0.266 e. The number of pyridine rings is 1. The first-order chi connectivity index (χ1) is 22.0. The van der Waals surface area contributed by atoms with Gasteiger partial charge in [0, 0.05) is 60.2 Å². The molecule has 0 unspecified atom stereocenters. The molecule has 3 atom stereocenters. The first-order valence-corrected chi connectivity index (χ1v) is 14.8. The van der Waals surface area contributed by atoms with Crippen LogP contribution in [0.3, 0.4) is 0 Å². The molecule has 1 N–H and O–H groups in total. The lowest BCUT2D eigenvalue weighted by atomic mass is 9.49. The number of ether oxygens (including phenoxy) is 3. The van der Waals surface area contributed by atoms with Gasteiger partial charge in [-0.1, -0.05) is 11.3 Å². The van der Waals surface area contributed by atoms with Crippen molar-refractivity contribution in [2.24, 2.45) is 0 Å². The van der Waals surface area contributed by atoms with Gasteiger partial charge >= 0.3 is 0 Å². The molecular formula is C30H26B3F3N6O4. The predicted molar refractivity (Wildman–Crippen MR) is 162 cm³/mol. The maximum absolute atomic E-state index is 15.6. The van der Waals surface area contributed by atoms with Crippen LogP contribution in [0, 0.1) is 5.82 Å². The monoisotopic (exact) mass is 624 g/mol. The number of carbonyl (C=O) groups is 1. The Balaban J connectivity index is 1.27. The zero-order valence-corrected chi connectivity index (χ0v) is 24.5. The van der Waals surface area contributed by atoms with Gasteiger partial charge in [0.25, 0.3) is 6.43 Å². The molecule has 3 fully saturated rings. The second kappa shape index (κ2) is 12.1. The van der Waals surface area contributed by atoms with E-state index in [1.807, 2.05) is 12.1 Å². The van der Waals surface area contributed by atoms with Gasteiger partial charge in [-0.15, -0.1) is 0 Å². The number of nitrogens with one attached hydrogen (secondary N) is 1. The van der Waals surface area contributed by atoms with Crippen molar-refractivity contribution in [3.63, 3.8) is 0 Å². The van der Waals surface area contributed by atoms with Crippen molar-refractivity contribution in [3.8, 4) is 28.1 Å². The molecule has 6 heterocycles. The number of morpholine rings is 1. The number of rotatable bonds is 9. The third kappa shape index (κ3) is 6.13. The number of hydrogen-bond donors (Lipinski definition) is 1. The standard InChI is InChI=1S/C30H26B3F3N6O4/c31-30(32,33)40-28(43)16-5-21(25(34)22(6-16)26(35)36)23-9-38-42-12-24(29(39-27(23)42)46-19-3-4-44-14-19)15-1-2-17(37-8-15)10-41-11-20-7-18(41)13-45-20/h1-2,5-6,8-9,12,18-20,26H,3-4,7,10-11,13-14H2,(H,40,43)/t18-,19+,20-/m1/s1. The summed E-state index contributed by atoms with van der Waals surface area (Å²) in [6.45, 7) is 3.21. The molecule has 2 bridgehead atoms. The normalized spacial score (nSPS) is 21.4. The Morgan fingerprint density at radius 1 is 1.15 bits per heavy atom. The lowest BCUT2D eigenvalue weighted by Crippen LogP contribution is -2.50. The van der Waals surface area contributed by atoms with Crippen molar-refractivity contribution in [1.29, 1.82) is 0 Å². The Morgan fingerprint density at radius 3 is 2.65 bits per heavy atom. The molecule has 1 aromatic carbocycles. The molecule has 4 aromatic rings. The Hall–Kier alpha value is -3.88. The van der Waals surface area contributed by atoms with Gasteiger partial charge in [-0.05, 0) is 24.6 Å². The molecule has 3 aliphatic rings. The number of benzene rings is 1. The number of aromatic nitrogens is 4. The summed E-state index contributed by atoms with van der Waals surface area (Å²) in [6.07, 6.45) is 3.09. The van der Waals surface area contributed by atoms with Crippen LogP contribution in [0.25, 0.3) is 27.9 Å². The summed E-state index contributed by atoms with van der Waals surface area (Å²) >= 11 is 0. The van der Waals surface area contributed by atoms with E-state index in [4.69, 9.17) is 47.7 Å². The summed E-state index contributed by atoms with van der Waals surface area (Å²) in [7, 11) is 16.4. The van der Waals surface area contributed by atoms with E-state index in [1.165, 1.54) is 10.7 Å². The molecule has 1 amide bonds. The fraction of sp³-hybridized carbons (Fsp3) is 0.400. The maximum Gasteiger partial charge on any atom is 0.266 e. The van der Waals surface area contributed by atoms with Gasteiger partial charge < -0.3 is 19.5 Å². The van der Waals surface area contributed by atoms with Crippen LogP contribution in [0.15, 0.2) is 42.9 Å². The zero-order chi connectivity index (χ0) is 32.2. The van der Waals surface area contributed by atoms with E-state index in [2.05, 4.69) is 15.3 Å². The van der Waals surface area contributed by atoms with Crippen molar-refractivity contribution in [2.45, 2.75) is 49.3 Å². The molecular weight excluding hydrogens is 598 g/mol. The van der Waals surface area contributed by atoms with Crippen molar-refractivity contribution in [3.05, 3.63) is 65.5 Å². The number of carbonyl (C=O) groups excluding carboxylic acids is 1. The van der Waals surface area contributed by atoms with Gasteiger partial charge in [0.15, 0.2) is 5.65 Å². The van der Waals surface area contributed by atoms with Gasteiger partial charge in [-0.2, -0.15) is 10.1 Å². The minimum absolute atomic E-state index is 0.0463. The molecule has 6 radical (unpaired) electrons. The van der Waals surface area contributed by atoms with Gasteiger partial charge in [-0.3, -0.25) is 14.7 Å². The SMILES string of the molecule is [B]C([B])([B])NC(=O)c1cc(-c2cnn3cc(-c4ccc(CN5C[C@H]6C[C@@H]5CO6)nc4)c(O[C@H]4CCOC4)nc23)c(F)c(C(F)F)c1. The molecule has 7 rings (SSSR count). The van der Waals surface area contributed by atoms with E-state index in [1.54, 1.807) is 12.4 Å². The summed E-state index contributed by atoms with van der Waals surface area (Å²) in [6, 6.07) is 6.07. The lowest BCUT2D eigenvalue weighted by molar-refractivity contribution is 0.0268. The van der Waals surface area contributed by atoms with Gasteiger partial charge in [0.1, 0.15) is 11.9 Å². The van der Waals surface area contributed by atoms with Crippen molar-refractivity contribution in [2.75, 3.05) is 26.4 Å². The highest BCUT2D eigenvalue weighted by atomic mass is 19.3. The van der Waals surface area contributed by atoms with Crippen LogP contribution in [0.4, 0.5) is 13.2 Å². The number of alkyl halides is 2. The molecule has 10 nitrogen and oxygen atoms in total. The first kappa shape index (κ1) is 30.8. The third-order valence-electron chi connectivity index (χ3n) is 8.36. The average molecular weight is 624 g/mol.